The number of morpholine rings is 1. The third-order valence-electron chi connectivity index (χ3n) is 3.21. The lowest BCUT2D eigenvalue weighted by molar-refractivity contribution is -0.117. The van der Waals surface area contributed by atoms with Crippen LogP contribution in [-0.4, -0.2) is 41.5 Å². The Balaban J connectivity index is 1.94. The van der Waals surface area contributed by atoms with Crippen LogP contribution in [0.15, 0.2) is 0 Å². The van der Waals surface area contributed by atoms with E-state index in [1.165, 1.54) is 0 Å². The zero-order valence-electron chi connectivity index (χ0n) is 11.1. The van der Waals surface area contributed by atoms with E-state index in [9.17, 15) is 4.79 Å². The minimum atomic E-state index is -0.0101. The van der Waals surface area contributed by atoms with Crippen LogP contribution < -0.4 is 10.6 Å². The van der Waals surface area contributed by atoms with Crippen molar-refractivity contribution in [3.8, 4) is 0 Å². The Hall–Kier alpha value is -1.40. The van der Waals surface area contributed by atoms with Gasteiger partial charge in [-0.15, -0.1) is 0 Å². The lowest BCUT2D eigenvalue weighted by Gasteiger charge is -2.23. The zero-order valence-corrected chi connectivity index (χ0v) is 11.1. The maximum Gasteiger partial charge on any atom is 0.227 e. The van der Waals surface area contributed by atoms with Gasteiger partial charge < -0.3 is 15.4 Å². The molecule has 0 spiro atoms. The normalized spacial score (nSPS) is 19.8. The van der Waals surface area contributed by atoms with Gasteiger partial charge in [-0.3, -0.25) is 9.48 Å². The summed E-state index contributed by atoms with van der Waals surface area (Å²) in [6.07, 6.45) is 0.420. The maximum absolute atomic E-state index is 11.9. The van der Waals surface area contributed by atoms with Crippen LogP contribution in [-0.2, 0) is 16.6 Å². The third kappa shape index (κ3) is 2.88. The van der Waals surface area contributed by atoms with E-state index in [4.69, 9.17) is 4.74 Å². The summed E-state index contributed by atoms with van der Waals surface area (Å²) in [5.74, 6) is 0.762. The predicted molar refractivity (Wildman–Crippen MR) is 68.5 cm³/mol. The van der Waals surface area contributed by atoms with Crippen molar-refractivity contribution in [1.29, 1.82) is 0 Å². The molecule has 1 aliphatic rings. The van der Waals surface area contributed by atoms with E-state index in [1.807, 2.05) is 20.9 Å². The molecular weight excluding hydrogens is 232 g/mol. The summed E-state index contributed by atoms with van der Waals surface area (Å²) >= 11 is 0. The van der Waals surface area contributed by atoms with Crippen molar-refractivity contribution in [2.24, 2.45) is 7.05 Å². The monoisotopic (exact) mass is 252 g/mol. The molecule has 2 heterocycles. The van der Waals surface area contributed by atoms with Gasteiger partial charge >= 0.3 is 0 Å². The molecule has 0 aliphatic carbocycles. The summed E-state index contributed by atoms with van der Waals surface area (Å²) in [6.45, 7) is 6.01. The number of anilines is 1. The van der Waals surface area contributed by atoms with Gasteiger partial charge in [0.05, 0.1) is 18.9 Å². The fourth-order valence-corrected chi connectivity index (χ4v) is 2.10. The molecule has 1 aliphatic heterocycles. The van der Waals surface area contributed by atoms with Crippen LogP contribution in [0.2, 0.25) is 0 Å². The number of amides is 1. The number of hydrogen-bond donors (Lipinski definition) is 2. The molecule has 100 valence electrons. The third-order valence-corrected chi connectivity index (χ3v) is 3.21. The summed E-state index contributed by atoms with van der Waals surface area (Å²) in [6, 6.07) is 0.105. The van der Waals surface area contributed by atoms with E-state index in [0.29, 0.717) is 13.0 Å². The molecule has 2 N–H and O–H groups in total. The molecule has 1 saturated heterocycles. The number of aryl methyl sites for hydroxylation is 2. The molecule has 0 radical (unpaired) electrons. The van der Waals surface area contributed by atoms with Gasteiger partial charge in [-0.1, -0.05) is 0 Å². The molecule has 2 rings (SSSR count). The van der Waals surface area contributed by atoms with Crippen molar-refractivity contribution in [3.05, 3.63) is 11.3 Å². The van der Waals surface area contributed by atoms with E-state index in [-0.39, 0.29) is 11.9 Å². The highest BCUT2D eigenvalue weighted by atomic mass is 16.5. The van der Waals surface area contributed by atoms with Gasteiger partial charge in [0, 0.05) is 31.6 Å². The van der Waals surface area contributed by atoms with Gasteiger partial charge in [-0.05, 0) is 13.8 Å². The number of carbonyl (C=O) groups is 1. The predicted octanol–water partition coefficient (Wildman–Crippen LogP) is 0.354. The zero-order chi connectivity index (χ0) is 13.1. The standard InChI is InChI=1S/C12H20N4O2/c1-8-9(2)15-16(3)12(8)14-11(17)6-10-7-18-5-4-13-10/h10,13H,4-7H2,1-3H3,(H,14,17). The fraction of sp³-hybridized carbons (Fsp3) is 0.667. The Bertz CT molecular complexity index is 436. The van der Waals surface area contributed by atoms with Gasteiger partial charge in [0.15, 0.2) is 0 Å². The first-order chi connectivity index (χ1) is 8.58. The van der Waals surface area contributed by atoms with Crippen LogP contribution in [0.1, 0.15) is 17.7 Å². The second-order valence-corrected chi connectivity index (χ2v) is 4.66. The number of aromatic nitrogens is 2. The molecule has 1 unspecified atom stereocenters. The molecule has 6 heteroatoms. The van der Waals surface area contributed by atoms with Crippen LogP contribution in [0.5, 0.6) is 0 Å². The van der Waals surface area contributed by atoms with Crippen molar-refractivity contribution in [2.75, 3.05) is 25.1 Å². The highest BCUT2D eigenvalue weighted by Gasteiger charge is 2.18. The number of rotatable bonds is 3. The fourth-order valence-electron chi connectivity index (χ4n) is 2.10. The largest absolute Gasteiger partial charge is 0.378 e. The smallest absolute Gasteiger partial charge is 0.227 e. The Morgan fingerprint density at radius 1 is 1.61 bits per heavy atom. The highest BCUT2D eigenvalue weighted by Crippen LogP contribution is 2.17. The average molecular weight is 252 g/mol. The Morgan fingerprint density at radius 2 is 2.39 bits per heavy atom. The van der Waals surface area contributed by atoms with Crippen molar-refractivity contribution in [2.45, 2.75) is 26.3 Å². The molecule has 1 atom stereocenters. The van der Waals surface area contributed by atoms with Gasteiger partial charge in [-0.25, -0.2) is 0 Å². The molecule has 1 aromatic rings. The van der Waals surface area contributed by atoms with Crippen molar-refractivity contribution in [1.82, 2.24) is 15.1 Å². The van der Waals surface area contributed by atoms with Crippen LogP contribution >= 0.6 is 0 Å². The van der Waals surface area contributed by atoms with Gasteiger partial charge in [0.2, 0.25) is 5.91 Å². The highest BCUT2D eigenvalue weighted by molar-refractivity contribution is 5.91. The Labute approximate surface area is 107 Å². The molecule has 0 saturated carbocycles. The summed E-state index contributed by atoms with van der Waals surface area (Å²) in [5.41, 5.74) is 1.95. The maximum atomic E-state index is 11.9. The molecule has 6 nitrogen and oxygen atoms in total. The van der Waals surface area contributed by atoms with Crippen molar-refractivity contribution < 1.29 is 9.53 Å². The van der Waals surface area contributed by atoms with Crippen molar-refractivity contribution in [3.63, 3.8) is 0 Å². The van der Waals surface area contributed by atoms with Crippen LogP contribution in [0.4, 0.5) is 5.82 Å². The average Bonchev–Trinajstić information content (AvgIpc) is 2.57. The lowest BCUT2D eigenvalue weighted by atomic mass is 10.2. The number of hydrogen-bond acceptors (Lipinski definition) is 4. The van der Waals surface area contributed by atoms with Gasteiger partial charge in [-0.2, -0.15) is 5.10 Å². The second-order valence-electron chi connectivity index (χ2n) is 4.66. The first kappa shape index (κ1) is 13.0. The first-order valence-corrected chi connectivity index (χ1v) is 6.19. The summed E-state index contributed by atoms with van der Waals surface area (Å²) in [7, 11) is 1.83. The molecular formula is C12H20N4O2. The SMILES string of the molecule is Cc1nn(C)c(NC(=O)CC2COCCN2)c1C. The number of nitrogens with zero attached hydrogens (tertiary/aromatic N) is 2. The van der Waals surface area contributed by atoms with E-state index in [2.05, 4.69) is 15.7 Å². The van der Waals surface area contributed by atoms with Crippen LogP contribution in [0, 0.1) is 13.8 Å². The van der Waals surface area contributed by atoms with E-state index in [1.54, 1.807) is 4.68 Å². The molecule has 0 aromatic carbocycles. The van der Waals surface area contributed by atoms with E-state index >= 15 is 0 Å². The topological polar surface area (TPSA) is 68.2 Å². The molecule has 0 bridgehead atoms. The molecule has 1 aromatic heterocycles. The molecule has 18 heavy (non-hydrogen) atoms. The number of nitrogens with one attached hydrogen (secondary N) is 2. The van der Waals surface area contributed by atoms with Gasteiger partial charge in [0.25, 0.3) is 0 Å². The minimum absolute atomic E-state index is 0.0101. The first-order valence-electron chi connectivity index (χ1n) is 6.19. The number of ether oxygens (including phenoxy) is 1. The molecule has 1 amide bonds. The van der Waals surface area contributed by atoms with Gasteiger partial charge in [0.1, 0.15) is 5.82 Å². The lowest BCUT2D eigenvalue weighted by Crippen LogP contribution is -2.43. The number of carbonyl (C=O) groups excluding carboxylic acids is 1. The summed E-state index contributed by atoms with van der Waals surface area (Å²) < 4.78 is 7.03. The Morgan fingerprint density at radius 3 is 2.94 bits per heavy atom. The van der Waals surface area contributed by atoms with E-state index in [0.717, 1.165) is 30.2 Å². The molecule has 1 fully saturated rings. The van der Waals surface area contributed by atoms with Crippen molar-refractivity contribution >= 4 is 11.7 Å². The summed E-state index contributed by atoms with van der Waals surface area (Å²) in [4.78, 5) is 11.9. The quantitative estimate of drug-likeness (QED) is 0.814. The second kappa shape index (κ2) is 5.49. The van der Waals surface area contributed by atoms with E-state index < -0.39 is 0 Å². The summed E-state index contributed by atoms with van der Waals surface area (Å²) in [5, 5.41) is 10.4. The van der Waals surface area contributed by atoms with Crippen LogP contribution in [0.3, 0.4) is 0 Å². The van der Waals surface area contributed by atoms with Crippen LogP contribution in [0.25, 0.3) is 0 Å². The Kier molecular flexibility index (Phi) is 3.98. The minimum Gasteiger partial charge on any atom is -0.378 e.